The number of halogens is 1. The standard InChI is InChI=1S/C21H18FNO/c22-20-8-4-3-7-18(20)14-23(19-11-12-19)21(24)17-10-9-15-5-1-2-6-16(15)13-17/h1-10,13,19H,11-12,14H2. The number of carbonyl (C=O) groups is 1. The van der Waals surface area contributed by atoms with Gasteiger partial charge in [-0.1, -0.05) is 48.5 Å². The molecule has 0 bridgehead atoms. The van der Waals surface area contributed by atoms with E-state index in [2.05, 4.69) is 0 Å². The van der Waals surface area contributed by atoms with E-state index in [9.17, 15) is 9.18 Å². The zero-order valence-electron chi connectivity index (χ0n) is 13.3. The molecule has 0 aromatic heterocycles. The number of nitrogens with zero attached hydrogens (tertiary/aromatic N) is 1. The highest BCUT2D eigenvalue weighted by molar-refractivity contribution is 5.98. The second kappa shape index (κ2) is 6.08. The van der Waals surface area contributed by atoms with Crippen molar-refractivity contribution in [3.63, 3.8) is 0 Å². The van der Waals surface area contributed by atoms with Crippen molar-refractivity contribution in [2.24, 2.45) is 0 Å². The van der Waals surface area contributed by atoms with Gasteiger partial charge in [0.25, 0.3) is 5.91 Å². The summed E-state index contributed by atoms with van der Waals surface area (Å²) >= 11 is 0. The third-order valence-electron chi connectivity index (χ3n) is 4.54. The number of benzene rings is 3. The average Bonchev–Trinajstić information content (AvgIpc) is 3.45. The molecule has 3 aromatic rings. The quantitative estimate of drug-likeness (QED) is 0.677. The maximum atomic E-state index is 14.0. The zero-order chi connectivity index (χ0) is 16.5. The molecule has 2 nitrogen and oxygen atoms in total. The fraction of sp³-hybridized carbons (Fsp3) is 0.190. The first-order valence-corrected chi connectivity index (χ1v) is 8.25. The number of hydrogen-bond donors (Lipinski definition) is 0. The molecule has 0 radical (unpaired) electrons. The molecular formula is C21H18FNO. The molecule has 0 unspecified atom stereocenters. The number of rotatable bonds is 4. The third-order valence-corrected chi connectivity index (χ3v) is 4.54. The van der Waals surface area contributed by atoms with Crippen LogP contribution in [0.2, 0.25) is 0 Å². The van der Waals surface area contributed by atoms with Crippen LogP contribution in [0, 0.1) is 5.82 Å². The molecule has 0 N–H and O–H groups in total. The molecule has 0 heterocycles. The smallest absolute Gasteiger partial charge is 0.254 e. The number of hydrogen-bond acceptors (Lipinski definition) is 1. The van der Waals surface area contributed by atoms with Crippen LogP contribution in [0.5, 0.6) is 0 Å². The van der Waals surface area contributed by atoms with Crippen LogP contribution in [0.25, 0.3) is 10.8 Å². The van der Waals surface area contributed by atoms with E-state index in [-0.39, 0.29) is 17.8 Å². The lowest BCUT2D eigenvalue weighted by Gasteiger charge is -2.23. The van der Waals surface area contributed by atoms with Crippen LogP contribution in [0.3, 0.4) is 0 Å². The molecule has 1 aliphatic carbocycles. The molecule has 24 heavy (non-hydrogen) atoms. The molecule has 0 aliphatic heterocycles. The minimum Gasteiger partial charge on any atom is -0.331 e. The Morgan fingerprint density at radius 1 is 0.958 bits per heavy atom. The van der Waals surface area contributed by atoms with Crippen LogP contribution >= 0.6 is 0 Å². The third kappa shape index (κ3) is 2.90. The Hall–Kier alpha value is -2.68. The van der Waals surface area contributed by atoms with E-state index in [4.69, 9.17) is 0 Å². The van der Waals surface area contributed by atoms with E-state index in [0.717, 1.165) is 23.6 Å². The minimum atomic E-state index is -0.255. The molecule has 4 rings (SSSR count). The summed E-state index contributed by atoms with van der Waals surface area (Å²) < 4.78 is 14.0. The van der Waals surface area contributed by atoms with Gasteiger partial charge in [0.1, 0.15) is 5.82 Å². The summed E-state index contributed by atoms with van der Waals surface area (Å²) in [6.45, 7) is 0.322. The zero-order valence-corrected chi connectivity index (χ0v) is 13.3. The van der Waals surface area contributed by atoms with Gasteiger partial charge in [-0.15, -0.1) is 0 Å². The molecule has 1 saturated carbocycles. The first-order chi connectivity index (χ1) is 11.7. The van der Waals surface area contributed by atoms with Gasteiger partial charge in [0.15, 0.2) is 0 Å². The highest BCUT2D eigenvalue weighted by Crippen LogP contribution is 2.30. The van der Waals surface area contributed by atoms with Crippen LogP contribution in [0.15, 0.2) is 66.7 Å². The van der Waals surface area contributed by atoms with Gasteiger partial charge in [-0.3, -0.25) is 4.79 Å². The Kier molecular flexibility index (Phi) is 3.77. The first-order valence-electron chi connectivity index (χ1n) is 8.25. The summed E-state index contributed by atoms with van der Waals surface area (Å²) in [5, 5.41) is 2.16. The molecule has 0 atom stereocenters. The normalized spacial score (nSPS) is 13.9. The summed E-state index contributed by atoms with van der Waals surface area (Å²) in [5.74, 6) is -0.277. The monoisotopic (exact) mass is 319 g/mol. The first kappa shape index (κ1) is 14.9. The van der Waals surface area contributed by atoms with Crippen molar-refractivity contribution >= 4 is 16.7 Å². The van der Waals surface area contributed by atoms with Crippen LogP contribution in [-0.4, -0.2) is 16.8 Å². The molecule has 0 spiro atoms. The van der Waals surface area contributed by atoms with Crippen molar-refractivity contribution in [3.8, 4) is 0 Å². The molecule has 3 aromatic carbocycles. The molecule has 120 valence electrons. The van der Waals surface area contributed by atoms with E-state index in [1.165, 1.54) is 6.07 Å². The largest absolute Gasteiger partial charge is 0.331 e. The Morgan fingerprint density at radius 2 is 1.67 bits per heavy atom. The van der Waals surface area contributed by atoms with E-state index in [0.29, 0.717) is 17.7 Å². The van der Waals surface area contributed by atoms with Gasteiger partial charge in [-0.2, -0.15) is 0 Å². The Balaban J connectivity index is 1.65. The maximum Gasteiger partial charge on any atom is 0.254 e. The lowest BCUT2D eigenvalue weighted by Crippen LogP contribution is -2.32. The predicted molar refractivity (Wildman–Crippen MR) is 93.2 cm³/mol. The summed E-state index contributed by atoms with van der Waals surface area (Å²) in [4.78, 5) is 14.8. The van der Waals surface area contributed by atoms with Crippen LogP contribution < -0.4 is 0 Å². The Bertz CT molecular complexity index is 901. The molecular weight excluding hydrogens is 301 g/mol. The lowest BCUT2D eigenvalue weighted by molar-refractivity contribution is 0.0728. The summed E-state index contributed by atoms with van der Waals surface area (Å²) in [6.07, 6.45) is 1.99. The van der Waals surface area contributed by atoms with Gasteiger partial charge in [-0.25, -0.2) is 4.39 Å². The van der Waals surface area contributed by atoms with E-state index in [1.54, 1.807) is 12.1 Å². The Morgan fingerprint density at radius 3 is 2.42 bits per heavy atom. The molecule has 3 heteroatoms. The van der Waals surface area contributed by atoms with Crippen molar-refractivity contribution in [2.45, 2.75) is 25.4 Å². The van der Waals surface area contributed by atoms with E-state index < -0.39 is 0 Å². The highest BCUT2D eigenvalue weighted by Gasteiger charge is 2.33. The van der Waals surface area contributed by atoms with Gasteiger partial charge in [0.05, 0.1) is 0 Å². The minimum absolute atomic E-state index is 0.0218. The van der Waals surface area contributed by atoms with Crippen molar-refractivity contribution < 1.29 is 9.18 Å². The maximum absolute atomic E-state index is 14.0. The number of amides is 1. The summed E-state index contributed by atoms with van der Waals surface area (Å²) in [6, 6.07) is 20.6. The summed E-state index contributed by atoms with van der Waals surface area (Å²) in [7, 11) is 0. The van der Waals surface area contributed by atoms with Gasteiger partial charge in [0, 0.05) is 23.7 Å². The van der Waals surface area contributed by atoms with Gasteiger partial charge in [-0.05, 0) is 41.8 Å². The molecule has 1 fully saturated rings. The summed E-state index contributed by atoms with van der Waals surface area (Å²) in [5.41, 5.74) is 1.23. The lowest BCUT2D eigenvalue weighted by atomic mass is 10.1. The van der Waals surface area contributed by atoms with E-state index >= 15 is 0 Å². The predicted octanol–water partition coefficient (Wildman–Crippen LogP) is 4.78. The topological polar surface area (TPSA) is 20.3 Å². The molecule has 1 amide bonds. The fourth-order valence-corrected chi connectivity index (χ4v) is 3.05. The van der Waals surface area contributed by atoms with Crippen LogP contribution in [0.1, 0.15) is 28.8 Å². The SMILES string of the molecule is O=C(c1ccc2ccccc2c1)N(Cc1ccccc1F)C1CC1. The van der Waals surface area contributed by atoms with Crippen LogP contribution in [0.4, 0.5) is 4.39 Å². The number of fused-ring (bicyclic) bond motifs is 1. The van der Waals surface area contributed by atoms with Crippen molar-refractivity contribution in [1.82, 2.24) is 4.90 Å². The van der Waals surface area contributed by atoms with Crippen molar-refractivity contribution in [3.05, 3.63) is 83.7 Å². The van der Waals surface area contributed by atoms with Crippen molar-refractivity contribution in [1.29, 1.82) is 0 Å². The highest BCUT2D eigenvalue weighted by atomic mass is 19.1. The van der Waals surface area contributed by atoms with Crippen molar-refractivity contribution in [2.75, 3.05) is 0 Å². The van der Waals surface area contributed by atoms with Crippen LogP contribution in [-0.2, 0) is 6.54 Å². The molecule has 1 aliphatic rings. The average molecular weight is 319 g/mol. The Labute approximate surface area is 140 Å². The second-order valence-corrected chi connectivity index (χ2v) is 6.32. The molecule has 0 saturated heterocycles. The van der Waals surface area contributed by atoms with E-state index in [1.807, 2.05) is 53.4 Å². The fourth-order valence-electron chi connectivity index (χ4n) is 3.05. The van der Waals surface area contributed by atoms with Gasteiger partial charge in [0.2, 0.25) is 0 Å². The second-order valence-electron chi connectivity index (χ2n) is 6.32. The number of carbonyl (C=O) groups excluding carboxylic acids is 1. The van der Waals surface area contributed by atoms with Gasteiger partial charge < -0.3 is 4.90 Å². The van der Waals surface area contributed by atoms with Gasteiger partial charge >= 0.3 is 0 Å².